The zero-order valence-corrected chi connectivity index (χ0v) is 12.0. The number of aromatic amines is 1. The molecule has 1 aromatic heterocycles. The molecule has 3 heteroatoms. The number of benzene rings is 1. The highest BCUT2D eigenvalue weighted by molar-refractivity contribution is 5.85. The molecule has 1 aliphatic heterocycles. The first-order valence-corrected chi connectivity index (χ1v) is 7.80. The molecule has 1 saturated heterocycles. The number of fused-ring (bicyclic) bond motifs is 3. The largest absolute Gasteiger partial charge is 0.377 e. The molecule has 0 amide bonds. The molecule has 2 N–H and O–H groups in total. The predicted molar refractivity (Wildman–Crippen MR) is 80.9 cm³/mol. The molecule has 4 rings (SSSR count). The molecule has 0 saturated carbocycles. The average molecular weight is 270 g/mol. The van der Waals surface area contributed by atoms with Crippen LogP contribution in [0.4, 0.5) is 0 Å². The van der Waals surface area contributed by atoms with Gasteiger partial charge < -0.3 is 15.0 Å². The molecule has 3 nitrogen and oxygen atoms in total. The molecular weight excluding hydrogens is 248 g/mol. The highest BCUT2D eigenvalue weighted by Gasteiger charge is 2.30. The molecule has 1 fully saturated rings. The minimum Gasteiger partial charge on any atom is -0.377 e. The zero-order chi connectivity index (χ0) is 13.5. The average Bonchev–Trinajstić information content (AvgIpc) is 3.04. The van der Waals surface area contributed by atoms with Crippen LogP contribution in [-0.2, 0) is 11.2 Å². The number of aryl methyl sites for hydroxylation is 1. The van der Waals surface area contributed by atoms with Gasteiger partial charge in [0.05, 0.1) is 6.10 Å². The van der Waals surface area contributed by atoms with Crippen LogP contribution in [0.2, 0.25) is 0 Å². The van der Waals surface area contributed by atoms with Gasteiger partial charge in [-0.15, -0.1) is 0 Å². The van der Waals surface area contributed by atoms with E-state index in [0.29, 0.717) is 18.2 Å². The van der Waals surface area contributed by atoms with Crippen molar-refractivity contribution >= 4 is 10.9 Å². The molecular formula is C17H22N2O. The van der Waals surface area contributed by atoms with E-state index in [4.69, 9.17) is 4.74 Å². The van der Waals surface area contributed by atoms with Crippen molar-refractivity contribution in [2.75, 3.05) is 6.61 Å². The molecule has 2 aromatic rings. The second-order valence-electron chi connectivity index (χ2n) is 6.15. The van der Waals surface area contributed by atoms with Crippen LogP contribution in [-0.4, -0.2) is 23.7 Å². The minimum absolute atomic E-state index is 0.338. The lowest BCUT2D eigenvalue weighted by atomic mass is 9.91. The van der Waals surface area contributed by atoms with Crippen molar-refractivity contribution in [2.45, 2.75) is 50.8 Å². The van der Waals surface area contributed by atoms with Gasteiger partial charge in [0.25, 0.3) is 0 Å². The van der Waals surface area contributed by atoms with E-state index in [9.17, 15) is 0 Å². The molecule has 0 radical (unpaired) electrons. The van der Waals surface area contributed by atoms with Crippen molar-refractivity contribution in [3.63, 3.8) is 0 Å². The summed E-state index contributed by atoms with van der Waals surface area (Å²) in [5.74, 6) is 0. The van der Waals surface area contributed by atoms with E-state index in [1.165, 1.54) is 41.4 Å². The van der Waals surface area contributed by atoms with E-state index in [-0.39, 0.29) is 0 Å². The molecule has 0 bridgehead atoms. The van der Waals surface area contributed by atoms with E-state index in [2.05, 4.69) is 41.5 Å². The Morgan fingerprint density at radius 2 is 2.15 bits per heavy atom. The fourth-order valence-electron chi connectivity index (χ4n) is 3.79. The number of ether oxygens (including phenoxy) is 1. The van der Waals surface area contributed by atoms with Crippen LogP contribution in [0.25, 0.3) is 10.9 Å². The van der Waals surface area contributed by atoms with Gasteiger partial charge in [0.1, 0.15) is 0 Å². The summed E-state index contributed by atoms with van der Waals surface area (Å²) in [6, 6.07) is 9.64. The first-order valence-electron chi connectivity index (χ1n) is 7.80. The fraction of sp³-hybridized carbons (Fsp3) is 0.529. The monoisotopic (exact) mass is 270 g/mol. The molecule has 106 valence electrons. The summed E-state index contributed by atoms with van der Waals surface area (Å²) in [6.07, 6.45) is 5.17. The molecule has 1 aliphatic carbocycles. The number of aromatic nitrogens is 1. The molecule has 2 aliphatic rings. The van der Waals surface area contributed by atoms with Crippen molar-refractivity contribution in [1.82, 2.24) is 10.3 Å². The predicted octanol–water partition coefficient (Wildman–Crippen LogP) is 3.31. The van der Waals surface area contributed by atoms with Crippen molar-refractivity contribution in [1.29, 1.82) is 0 Å². The van der Waals surface area contributed by atoms with E-state index in [0.717, 1.165) is 13.0 Å². The number of nitrogens with one attached hydrogen (secondary N) is 2. The Morgan fingerprint density at radius 1 is 1.25 bits per heavy atom. The maximum atomic E-state index is 5.68. The Morgan fingerprint density at radius 3 is 3.00 bits per heavy atom. The summed E-state index contributed by atoms with van der Waals surface area (Å²) < 4.78 is 5.68. The van der Waals surface area contributed by atoms with Crippen molar-refractivity contribution in [2.24, 2.45) is 0 Å². The van der Waals surface area contributed by atoms with Crippen LogP contribution in [0, 0.1) is 0 Å². The first-order chi connectivity index (χ1) is 9.83. The van der Waals surface area contributed by atoms with Gasteiger partial charge >= 0.3 is 0 Å². The zero-order valence-electron chi connectivity index (χ0n) is 12.0. The van der Waals surface area contributed by atoms with Crippen LogP contribution >= 0.6 is 0 Å². The van der Waals surface area contributed by atoms with Gasteiger partial charge in [-0.3, -0.25) is 0 Å². The minimum atomic E-state index is 0.338. The van der Waals surface area contributed by atoms with Crippen LogP contribution in [0.3, 0.4) is 0 Å². The molecule has 3 atom stereocenters. The number of H-pyrrole nitrogens is 1. The fourth-order valence-corrected chi connectivity index (χ4v) is 3.79. The normalized spacial score (nSPS) is 29.8. The summed E-state index contributed by atoms with van der Waals surface area (Å²) in [5.41, 5.74) is 4.22. The quantitative estimate of drug-likeness (QED) is 0.878. The Balaban J connectivity index is 1.67. The standard InChI is InChI=1S/C17H22N2O/c1-11-14(9-10-20-11)18-16-8-4-6-13-12-5-2-3-7-15(12)19-17(13)16/h2-3,5,7,11,14,16,18-19H,4,6,8-10H2,1H3. The Bertz CT molecular complexity index is 618. The molecule has 20 heavy (non-hydrogen) atoms. The summed E-state index contributed by atoms with van der Waals surface area (Å²) in [5, 5.41) is 5.24. The van der Waals surface area contributed by atoms with Crippen molar-refractivity contribution in [3.05, 3.63) is 35.5 Å². The van der Waals surface area contributed by atoms with Crippen LogP contribution in [0.5, 0.6) is 0 Å². The third-order valence-corrected chi connectivity index (χ3v) is 4.91. The van der Waals surface area contributed by atoms with Gasteiger partial charge in [-0.05, 0) is 44.2 Å². The lowest BCUT2D eigenvalue weighted by molar-refractivity contribution is 0.110. The molecule has 2 heterocycles. The van der Waals surface area contributed by atoms with Gasteiger partial charge in [0, 0.05) is 35.3 Å². The Labute approximate surface area is 119 Å². The van der Waals surface area contributed by atoms with E-state index < -0.39 is 0 Å². The van der Waals surface area contributed by atoms with Gasteiger partial charge in [-0.2, -0.15) is 0 Å². The SMILES string of the molecule is CC1OCCC1NC1CCCc2c1[nH]c1ccccc21. The van der Waals surface area contributed by atoms with Gasteiger partial charge in [-0.1, -0.05) is 18.2 Å². The molecule has 1 aromatic carbocycles. The number of para-hydroxylation sites is 1. The summed E-state index contributed by atoms with van der Waals surface area (Å²) in [4.78, 5) is 3.65. The smallest absolute Gasteiger partial charge is 0.0700 e. The third kappa shape index (κ3) is 1.97. The third-order valence-electron chi connectivity index (χ3n) is 4.91. The van der Waals surface area contributed by atoms with Gasteiger partial charge in [-0.25, -0.2) is 0 Å². The number of rotatable bonds is 2. The highest BCUT2D eigenvalue weighted by atomic mass is 16.5. The maximum Gasteiger partial charge on any atom is 0.0700 e. The second kappa shape index (κ2) is 4.90. The highest BCUT2D eigenvalue weighted by Crippen LogP contribution is 2.35. The van der Waals surface area contributed by atoms with Crippen molar-refractivity contribution < 1.29 is 4.74 Å². The van der Waals surface area contributed by atoms with Crippen LogP contribution < -0.4 is 5.32 Å². The van der Waals surface area contributed by atoms with Gasteiger partial charge in [0.15, 0.2) is 0 Å². The van der Waals surface area contributed by atoms with E-state index >= 15 is 0 Å². The Hall–Kier alpha value is -1.32. The van der Waals surface area contributed by atoms with Crippen molar-refractivity contribution in [3.8, 4) is 0 Å². The summed E-state index contributed by atoms with van der Waals surface area (Å²) >= 11 is 0. The van der Waals surface area contributed by atoms with E-state index in [1.54, 1.807) is 0 Å². The first kappa shape index (κ1) is 12.4. The number of hydrogen-bond donors (Lipinski definition) is 2. The van der Waals surface area contributed by atoms with Gasteiger partial charge in [0.2, 0.25) is 0 Å². The summed E-state index contributed by atoms with van der Waals surface area (Å²) in [7, 11) is 0. The van der Waals surface area contributed by atoms with E-state index in [1.807, 2.05) is 0 Å². The van der Waals surface area contributed by atoms with Crippen LogP contribution in [0.1, 0.15) is 43.5 Å². The van der Waals surface area contributed by atoms with Crippen LogP contribution in [0.15, 0.2) is 24.3 Å². The number of hydrogen-bond acceptors (Lipinski definition) is 2. The lowest BCUT2D eigenvalue weighted by Gasteiger charge is -2.28. The maximum absolute atomic E-state index is 5.68. The topological polar surface area (TPSA) is 37.0 Å². The second-order valence-corrected chi connectivity index (χ2v) is 6.15. The summed E-state index contributed by atoms with van der Waals surface area (Å²) in [6.45, 7) is 3.07. The lowest BCUT2D eigenvalue weighted by Crippen LogP contribution is -2.38. The molecule has 3 unspecified atom stereocenters. The Kier molecular flexibility index (Phi) is 3.04. The molecule has 0 spiro atoms.